The molecule has 21 heavy (non-hydrogen) atoms. The number of hydrogen-bond donors (Lipinski definition) is 1. The Balaban J connectivity index is 1.58. The minimum atomic E-state index is 0.0612. The Bertz CT molecular complexity index is 440. The van der Waals surface area contributed by atoms with Gasteiger partial charge in [0, 0.05) is 31.1 Å². The van der Waals surface area contributed by atoms with Crippen molar-refractivity contribution in [2.24, 2.45) is 0 Å². The maximum absolute atomic E-state index is 12.2. The van der Waals surface area contributed by atoms with E-state index in [4.69, 9.17) is 4.42 Å². The van der Waals surface area contributed by atoms with E-state index >= 15 is 0 Å². The Kier molecular flexibility index (Phi) is 5.08. The fraction of sp³-hybridized carbons (Fsp3) is 0.667. The lowest BCUT2D eigenvalue weighted by Gasteiger charge is -2.29. The number of carbonyl (C=O) groups excluding carboxylic acids is 1. The molecular weight excluding hydrogens is 286 g/mol. The minimum Gasteiger partial charge on any atom is -0.468 e. The molecule has 3 heterocycles. The number of nitrogens with zero attached hydrogens (tertiary/aromatic N) is 2. The maximum Gasteiger partial charge on any atom is 0.317 e. The largest absolute Gasteiger partial charge is 0.468 e. The first-order chi connectivity index (χ1) is 10.3. The van der Waals surface area contributed by atoms with Crippen molar-refractivity contribution < 1.29 is 9.21 Å². The van der Waals surface area contributed by atoms with Crippen molar-refractivity contribution >= 4 is 17.8 Å². The van der Waals surface area contributed by atoms with Crippen LogP contribution in [0.5, 0.6) is 0 Å². The van der Waals surface area contributed by atoms with Crippen molar-refractivity contribution in [1.82, 2.24) is 15.1 Å². The second kappa shape index (κ2) is 7.22. The van der Waals surface area contributed by atoms with Gasteiger partial charge in [0.25, 0.3) is 0 Å². The Morgan fingerprint density at radius 3 is 2.71 bits per heavy atom. The Labute approximate surface area is 130 Å². The van der Waals surface area contributed by atoms with Gasteiger partial charge in [-0.05, 0) is 38.1 Å². The fourth-order valence-corrected chi connectivity index (χ4v) is 3.91. The Hall–Kier alpha value is -1.14. The van der Waals surface area contributed by atoms with Crippen LogP contribution in [-0.2, 0) is 0 Å². The van der Waals surface area contributed by atoms with Gasteiger partial charge in [0.2, 0.25) is 0 Å². The van der Waals surface area contributed by atoms with Crippen molar-refractivity contribution in [1.29, 1.82) is 0 Å². The molecule has 0 radical (unpaired) electrons. The van der Waals surface area contributed by atoms with Gasteiger partial charge in [0.05, 0.1) is 12.3 Å². The molecule has 1 aromatic heterocycles. The third kappa shape index (κ3) is 3.74. The van der Waals surface area contributed by atoms with E-state index in [1.54, 1.807) is 6.26 Å². The summed E-state index contributed by atoms with van der Waals surface area (Å²) in [4.78, 5) is 16.6. The summed E-state index contributed by atoms with van der Waals surface area (Å²) < 4.78 is 5.58. The van der Waals surface area contributed by atoms with Gasteiger partial charge in [-0.3, -0.25) is 4.90 Å². The van der Waals surface area contributed by atoms with Gasteiger partial charge < -0.3 is 14.6 Å². The van der Waals surface area contributed by atoms with Gasteiger partial charge in [0.1, 0.15) is 5.76 Å². The number of amides is 2. The molecule has 2 amide bonds. The minimum absolute atomic E-state index is 0.0612. The van der Waals surface area contributed by atoms with Crippen LogP contribution in [0.2, 0.25) is 0 Å². The molecule has 2 aliphatic rings. The first kappa shape index (κ1) is 14.8. The van der Waals surface area contributed by atoms with Crippen LogP contribution in [0, 0.1) is 0 Å². The second-order valence-corrected chi connectivity index (χ2v) is 6.78. The van der Waals surface area contributed by atoms with E-state index in [0.29, 0.717) is 6.54 Å². The van der Waals surface area contributed by atoms with E-state index in [1.165, 1.54) is 12.8 Å². The van der Waals surface area contributed by atoms with Crippen molar-refractivity contribution in [3.05, 3.63) is 24.2 Å². The van der Waals surface area contributed by atoms with Crippen molar-refractivity contribution in [3.8, 4) is 0 Å². The van der Waals surface area contributed by atoms with Crippen LogP contribution in [0.3, 0.4) is 0 Å². The topological polar surface area (TPSA) is 48.7 Å². The van der Waals surface area contributed by atoms with Crippen LogP contribution < -0.4 is 5.32 Å². The smallest absolute Gasteiger partial charge is 0.317 e. The summed E-state index contributed by atoms with van der Waals surface area (Å²) in [6, 6.07) is 4.14. The van der Waals surface area contributed by atoms with Gasteiger partial charge in [-0.2, -0.15) is 11.8 Å². The third-order valence-electron chi connectivity index (χ3n) is 4.20. The number of urea groups is 1. The quantitative estimate of drug-likeness (QED) is 0.926. The summed E-state index contributed by atoms with van der Waals surface area (Å²) in [5, 5.41) is 3.09. The molecule has 116 valence electrons. The molecule has 1 atom stereocenters. The van der Waals surface area contributed by atoms with Crippen LogP contribution in [0.15, 0.2) is 22.8 Å². The van der Waals surface area contributed by atoms with Crippen molar-refractivity contribution in [3.63, 3.8) is 0 Å². The highest BCUT2D eigenvalue weighted by molar-refractivity contribution is 7.99. The number of rotatable bonds is 4. The van der Waals surface area contributed by atoms with E-state index in [1.807, 2.05) is 28.8 Å². The highest BCUT2D eigenvalue weighted by Crippen LogP contribution is 2.25. The number of likely N-dealkylation sites (tertiary alicyclic amines) is 1. The van der Waals surface area contributed by atoms with Crippen LogP contribution >= 0.6 is 11.8 Å². The molecule has 0 spiro atoms. The molecule has 6 heteroatoms. The molecule has 0 aliphatic carbocycles. The summed E-state index contributed by atoms with van der Waals surface area (Å²) in [5.74, 6) is 3.04. The Morgan fingerprint density at radius 1 is 1.29 bits per heavy atom. The lowest BCUT2D eigenvalue weighted by atomic mass is 10.2. The van der Waals surface area contributed by atoms with Crippen LogP contribution in [0.4, 0.5) is 4.79 Å². The number of carbonyl (C=O) groups is 1. The lowest BCUT2D eigenvalue weighted by molar-refractivity contribution is 0.184. The summed E-state index contributed by atoms with van der Waals surface area (Å²) >= 11 is 1.91. The van der Waals surface area contributed by atoms with Gasteiger partial charge in [-0.15, -0.1) is 0 Å². The first-order valence-corrected chi connectivity index (χ1v) is 8.88. The molecule has 5 nitrogen and oxygen atoms in total. The van der Waals surface area contributed by atoms with E-state index in [0.717, 1.165) is 43.4 Å². The summed E-state index contributed by atoms with van der Waals surface area (Å²) in [5.41, 5.74) is 0. The van der Waals surface area contributed by atoms with Crippen LogP contribution in [0.25, 0.3) is 0 Å². The predicted molar refractivity (Wildman–Crippen MR) is 84.6 cm³/mol. The molecule has 2 aliphatic heterocycles. The van der Waals surface area contributed by atoms with Gasteiger partial charge in [0.15, 0.2) is 0 Å². The molecule has 1 aromatic rings. The summed E-state index contributed by atoms with van der Waals surface area (Å²) in [6.07, 6.45) is 4.17. The normalized spacial score (nSPS) is 21.4. The van der Waals surface area contributed by atoms with Crippen LogP contribution in [-0.4, -0.2) is 60.1 Å². The molecular formula is C15H23N3O2S. The molecule has 2 fully saturated rings. The average molecular weight is 309 g/mol. The summed E-state index contributed by atoms with van der Waals surface area (Å²) in [7, 11) is 0. The van der Waals surface area contributed by atoms with E-state index in [2.05, 4.69) is 10.2 Å². The summed E-state index contributed by atoms with van der Waals surface area (Å²) in [6.45, 7) is 4.50. The van der Waals surface area contributed by atoms with E-state index in [9.17, 15) is 4.79 Å². The van der Waals surface area contributed by atoms with E-state index < -0.39 is 0 Å². The lowest BCUT2D eigenvalue weighted by Crippen LogP contribution is -2.46. The van der Waals surface area contributed by atoms with Crippen molar-refractivity contribution in [2.45, 2.75) is 18.9 Å². The van der Waals surface area contributed by atoms with Crippen molar-refractivity contribution in [2.75, 3.05) is 44.2 Å². The van der Waals surface area contributed by atoms with Crippen LogP contribution in [0.1, 0.15) is 24.6 Å². The molecule has 0 aromatic carbocycles. The first-order valence-electron chi connectivity index (χ1n) is 7.72. The average Bonchev–Trinajstić information content (AvgIpc) is 3.22. The Morgan fingerprint density at radius 2 is 2.05 bits per heavy atom. The zero-order chi connectivity index (χ0) is 14.5. The van der Waals surface area contributed by atoms with E-state index in [-0.39, 0.29) is 12.1 Å². The second-order valence-electron chi connectivity index (χ2n) is 5.56. The monoisotopic (exact) mass is 309 g/mol. The zero-order valence-corrected chi connectivity index (χ0v) is 13.1. The molecule has 0 bridgehead atoms. The molecule has 2 saturated heterocycles. The zero-order valence-electron chi connectivity index (χ0n) is 12.3. The van der Waals surface area contributed by atoms with Gasteiger partial charge in [-0.1, -0.05) is 0 Å². The highest BCUT2D eigenvalue weighted by Gasteiger charge is 2.26. The highest BCUT2D eigenvalue weighted by atomic mass is 32.2. The third-order valence-corrected chi connectivity index (χ3v) is 5.14. The number of nitrogens with one attached hydrogen (secondary N) is 1. The standard InChI is InChI=1S/C15H23N3O2S/c19-15(18-7-10-21-11-8-18)16-12-13(14-4-3-9-20-14)17-5-1-2-6-17/h3-4,9,13H,1-2,5-8,10-12H2,(H,16,19)/t13-/m0/s1. The fourth-order valence-electron chi connectivity index (χ4n) is 3.01. The SMILES string of the molecule is O=C(NC[C@@H](c1ccco1)N1CCCC1)N1CCSCC1. The number of hydrogen-bond acceptors (Lipinski definition) is 4. The predicted octanol–water partition coefficient (Wildman–Crippen LogP) is 2.17. The molecule has 1 N–H and O–H groups in total. The number of thioether (sulfide) groups is 1. The maximum atomic E-state index is 12.2. The van der Waals surface area contributed by atoms with Gasteiger partial charge in [-0.25, -0.2) is 4.79 Å². The molecule has 0 saturated carbocycles. The molecule has 3 rings (SSSR count). The van der Waals surface area contributed by atoms with Gasteiger partial charge >= 0.3 is 6.03 Å². The number of furan rings is 1. The molecule has 0 unspecified atom stereocenters.